The number of rotatable bonds is 5. The summed E-state index contributed by atoms with van der Waals surface area (Å²) < 4.78 is 1.92. The van der Waals surface area contributed by atoms with E-state index in [1.807, 2.05) is 16.8 Å². The van der Waals surface area contributed by atoms with Crippen molar-refractivity contribution in [3.05, 3.63) is 63.0 Å². The van der Waals surface area contributed by atoms with Gasteiger partial charge in [-0.3, -0.25) is 14.5 Å². The molecule has 1 aromatic carbocycles. The standard InChI is InChI=1S/C27H32N4O2S2/c1-16-7-6-8-20(17(16)2)31-26-23(25(29-31)27(3,4)5)24(18-11-12-34-14-18)35-15-22(33)30(26)13-21(32)28-19-9-10-19/h6-8,11-12,14,19,24H,9-10,13,15H2,1-5H3,(H,28,32). The summed E-state index contributed by atoms with van der Waals surface area (Å²) in [6.07, 6.45) is 2.02. The molecule has 184 valence electrons. The molecule has 1 saturated carbocycles. The number of benzene rings is 1. The molecule has 1 unspecified atom stereocenters. The molecule has 1 fully saturated rings. The zero-order chi connectivity index (χ0) is 24.9. The van der Waals surface area contributed by atoms with E-state index in [1.165, 1.54) is 5.56 Å². The first-order valence-electron chi connectivity index (χ1n) is 12.1. The van der Waals surface area contributed by atoms with Gasteiger partial charge in [0.05, 0.1) is 22.4 Å². The second kappa shape index (κ2) is 9.13. The lowest BCUT2D eigenvalue weighted by molar-refractivity contribution is -0.123. The van der Waals surface area contributed by atoms with Gasteiger partial charge in [-0.05, 0) is 66.3 Å². The number of anilines is 1. The van der Waals surface area contributed by atoms with Crippen LogP contribution < -0.4 is 10.2 Å². The van der Waals surface area contributed by atoms with E-state index in [9.17, 15) is 9.59 Å². The highest BCUT2D eigenvalue weighted by molar-refractivity contribution is 8.00. The molecule has 2 aromatic heterocycles. The van der Waals surface area contributed by atoms with E-state index in [4.69, 9.17) is 5.10 Å². The number of fused-ring (bicyclic) bond motifs is 1. The van der Waals surface area contributed by atoms with Crippen LogP contribution in [0.1, 0.15) is 66.8 Å². The maximum Gasteiger partial charge on any atom is 0.240 e. The van der Waals surface area contributed by atoms with Crippen molar-refractivity contribution in [2.75, 3.05) is 17.2 Å². The summed E-state index contributed by atoms with van der Waals surface area (Å²) in [6, 6.07) is 8.53. The lowest BCUT2D eigenvalue weighted by atomic mass is 9.87. The molecule has 1 aliphatic heterocycles. The molecule has 0 saturated heterocycles. The molecule has 0 spiro atoms. The van der Waals surface area contributed by atoms with E-state index >= 15 is 0 Å². The fraction of sp³-hybridized carbons (Fsp3) is 0.444. The molecule has 1 atom stereocenters. The molecule has 1 N–H and O–H groups in total. The van der Waals surface area contributed by atoms with Crippen LogP contribution in [-0.2, 0) is 15.0 Å². The van der Waals surface area contributed by atoms with Gasteiger partial charge in [0.1, 0.15) is 12.4 Å². The number of carbonyl (C=O) groups is 2. The van der Waals surface area contributed by atoms with Crippen molar-refractivity contribution in [2.45, 2.75) is 64.2 Å². The van der Waals surface area contributed by atoms with Crippen molar-refractivity contribution in [3.63, 3.8) is 0 Å². The minimum absolute atomic E-state index is 0.000605. The van der Waals surface area contributed by atoms with Crippen molar-refractivity contribution in [1.82, 2.24) is 15.1 Å². The fourth-order valence-corrected chi connectivity index (χ4v) is 6.50. The van der Waals surface area contributed by atoms with E-state index in [1.54, 1.807) is 28.0 Å². The summed E-state index contributed by atoms with van der Waals surface area (Å²) in [5.41, 5.74) is 6.11. The number of aryl methyl sites for hydroxylation is 1. The Hall–Kier alpha value is -2.58. The smallest absolute Gasteiger partial charge is 0.240 e. The molecule has 3 aromatic rings. The van der Waals surface area contributed by atoms with E-state index in [2.05, 4.69) is 62.8 Å². The Morgan fingerprint density at radius 1 is 1.20 bits per heavy atom. The summed E-state index contributed by atoms with van der Waals surface area (Å²) in [7, 11) is 0. The van der Waals surface area contributed by atoms with E-state index in [0.29, 0.717) is 5.75 Å². The molecule has 6 nitrogen and oxygen atoms in total. The Labute approximate surface area is 215 Å². The quantitative estimate of drug-likeness (QED) is 0.508. The number of amides is 2. The largest absolute Gasteiger partial charge is 0.352 e. The molecular weight excluding hydrogens is 476 g/mol. The maximum absolute atomic E-state index is 13.6. The third-order valence-corrected chi connectivity index (χ3v) is 8.65. The molecular formula is C27H32N4O2S2. The van der Waals surface area contributed by atoms with E-state index in [-0.39, 0.29) is 35.1 Å². The van der Waals surface area contributed by atoms with Gasteiger partial charge in [0.15, 0.2) is 0 Å². The highest BCUT2D eigenvalue weighted by atomic mass is 32.2. The van der Waals surface area contributed by atoms with Gasteiger partial charge in [-0.1, -0.05) is 32.9 Å². The normalized spacial score (nSPS) is 18.4. The van der Waals surface area contributed by atoms with Crippen LogP contribution in [-0.4, -0.2) is 39.9 Å². The lowest BCUT2D eigenvalue weighted by Gasteiger charge is -2.24. The van der Waals surface area contributed by atoms with Crippen LogP contribution in [0.3, 0.4) is 0 Å². The Morgan fingerprint density at radius 3 is 2.63 bits per heavy atom. The van der Waals surface area contributed by atoms with Crippen LogP contribution in [0.2, 0.25) is 0 Å². The Kier molecular flexibility index (Phi) is 6.30. The summed E-state index contributed by atoms with van der Waals surface area (Å²) in [5, 5.41) is 12.4. The van der Waals surface area contributed by atoms with Crippen LogP contribution in [0.25, 0.3) is 5.69 Å². The Balaban J connectivity index is 1.77. The number of nitrogens with one attached hydrogen (secondary N) is 1. The topological polar surface area (TPSA) is 67.2 Å². The number of thioether (sulfide) groups is 1. The summed E-state index contributed by atoms with van der Waals surface area (Å²) in [5.74, 6) is 0.854. The minimum atomic E-state index is -0.253. The number of carbonyl (C=O) groups excluding carboxylic acids is 2. The monoisotopic (exact) mass is 508 g/mol. The van der Waals surface area contributed by atoms with Crippen LogP contribution in [0.15, 0.2) is 35.0 Å². The van der Waals surface area contributed by atoms with Gasteiger partial charge >= 0.3 is 0 Å². The van der Waals surface area contributed by atoms with Crippen molar-refractivity contribution in [2.24, 2.45) is 0 Å². The third-order valence-electron chi connectivity index (χ3n) is 6.69. The lowest BCUT2D eigenvalue weighted by Crippen LogP contribution is -2.43. The highest BCUT2D eigenvalue weighted by Crippen LogP contribution is 2.49. The fourth-order valence-electron chi connectivity index (χ4n) is 4.54. The predicted octanol–water partition coefficient (Wildman–Crippen LogP) is 5.30. The minimum Gasteiger partial charge on any atom is -0.352 e. The van der Waals surface area contributed by atoms with Crippen molar-refractivity contribution < 1.29 is 9.59 Å². The van der Waals surface area contributed by atoms with Crippen molar-refractivity contribution in [1.29, 1.82) is 0 Å². The first-order chi connectivity index (χ1) is 16.6. The average molecular weight is 509 g/mol. The molecule has 35 heavy (non-hydrogen) atoms. The Morgan fingerprint density at radius 2 is 1.97 bits per heavy atom. The number of hydrogen-bond donors (Lipinski definition) is 1. The van der Waals surface area contributed by atoms with E-state index in [0.717, 1.165) is 46.7 Å². The molecule has 0 radical (unpaired) electrons. The zero-order valence-electron chi connectivity index (χ0n) is 20.9. The van der Waals surface area contributed by atoms with Crippen LogP contribution in [0.5, 0.6) is 0 Å². The van der Waals surface area contributed by atoms with Gasteiger partial charge in [0, 0.05) is 17.0 Å². The highest BCUT2D eigenvalue weighted by Gasteiger charge is 2.40. The van der Waals surface area contributed by atoms with Gasteiger partial charge < -0.3 is 5.32 Å². The number of aromatic nitrogens is 2. The van der Waals surface area contributed by atoms with Gasteiger partial charge in [-0.2, -0.15) is 16.4 Å². The predicted molar refractivity (Wildman–Crippen MR) is 144 cm³/mol. The number of hydrogen-bond acceptors (Lipinski definition) is 5. The first-order valence-corrected chi connectivity index (χ1v) is 14.1. The third kappa shape index (κ3) is 4.66. The number of nitrogens with zero attached hydrogens (tertiary/aromatic N) is 3. The average Bonchev–Trinajstić information content (AvgIpc) is 3.31. The summed E-state index contributed by atoms with van der Waals surface area (Å²) in [4.78, 5) is 28.3. The second-order valence-electron chi connectivity index (χ2n) is 10.5. The van der Waals surface area contributed by atoms with Crippen molar-refractivity contribution >= 4 is 40.7 Å². The van der Waals surface area contributed by atoms with Crippen LogP contribution in [0, 0.1) is 13.8 Å². The zero-order valence-corrected chi connectivity index (χ0v) is 22.6. The van der Waals surface area contributed by atoms with Gasteiger partial charge in [-0.25, -0.2) is 4.68 Å². The summed E-state index contributed by atoms with van der Waals surface area (Å²) >= 11 is 3.28. The first kappa shape index (κ1) is 24.1. The molecule has 2 amide bonds. The SMILES string of the molecule is Cc1cccc(-n2nc(C(C)(C)C)c3c2N(CC(=O)NC2CC2)C(=O)CSC3c2ccsc2)c1C. The molecule has 0 bridgehead atoms. The number of thiophene rings is 1. The summed E-state index contributed by atoms with van der Waals surface area (Å²) in [6.45, 7) is 10.7. The second-order valence-corrected chi connectivity index (χ2v) is 12.4. The molecule has 3 heterocycles. The molecule has 2 aliphatic rings. The Bertz CT molecular complexity index is 1270. The molecule has 5 rings (SSSR count). The van der Waals surface area contributed by atoms with E-state index < -0.39 is 0 Å². The van der Waals surface area contributed by atoms with Gasteiger partial charge in [0.25, 0.3) is 0 Å². The molecule has 8 heteroatoms. The van der Waals surface area contributed by atoms with Crippen LogP contribution >= 0.6 is 23.1 Å². The van der Waals surface area contributed by atoms with Gasteiger partial charge in [0.2, 0.25) is 11.8 Å². The maximum atomic E-state index is 13.6. The van der Waals surface area contributed by atoms with Crippen molar-refractivity contribution in [3.8, 4) is 5.69 Å². The van der Waals surface area contributed by atoms with Gasteiger partial charge in [-0.15, -0.1) is 11.8 Å². The van der Waals surface area contributed by atoms with Crippen LogP contribution in [0.4, 0.5) is 5.82 Å². The molecule has 1 aliphatic carbocycles.